The average molecular weight is 407 g/mol. The van der Waals surface area contributed by atoms with E-state index in [0.29, 0.717) is 29.8 Å². The van der Waals surface area contributed by atoms with Crippen molar-refractivity contribution in [1.82, 2.24) is 19.0 Å². The number of sulfonamides is 1. The van der Waals surface area contributed by atoms with Crippen molar-refractivity contribution in [2.45, 2.75) is 18.5 Å². The average Bonchev–Trinajstić information content (AvgIpc) is 2.85. The molecule has 0 aliphatic carbocycles. The summed E-state index contributed by atoms with van der Waals surface area (Å²) in [5, 5.41) is 5.19. The topological polar surface area (TPSA) is 58.4 Å². The van der Waals surface area contributed by atoms with E-state index in [0.717, 1.165) is 17.1 Å². The van der Waals surface area contributed by atoms with E-state index in [-0.39, 0.29) is 13.1 Å². The molecule has 0 N–H and O–H groups in total. The number of benzene rings is 1. The first-order chi connectivity index (χ1) is 11.8. The second kappa shape index (κ2) is 7.16. The summed E-state index contributed by atoms with van der Waals surface area (Å²) in [6, 6.07) is 2.48. The summed E-state index contributed by atoms with van der Waals surface area (Å²) in [5.41, 5.74) is 0. The van der Waals surface area contributed by atoms with E-state index in [9.17, 15) is 17.2 Å². The second-order valence-corrected chi connectivity index (χ2v) is 9.36. The van der Waals surface area contributed by atoms with Gasteiger partial charge in [-0.05, 0) is 31.3 Å². The van der Waals surface area contributed by atoms with Crippen LogP contribution in [0.4, 0.5) is 8.78 Å². The van der Waals surface area contributed by atoms with E-state index in [2.05, 4.69) is 5.10 Å². The highest BCUT2D eigenvalue weighted by Gasteiger charge is 2.30. The van der Waals surface area contributed by atoms with Gasteiger partial charge in [-0.2, -0.15) is 9.40 Å². The van der Waals surface area contributed by atoms with Crippen LogP contribution in [0.3, 0.4) is 0 Å². The summed E-state index contributed by atoms with van der Waals surface area (Å²) in [7, 11) is -3.99. The lowest BCUT2D eigenvalue weighted by atomic mass is 10.3. The van der Waals surface area contributed by atoms with Crippen molar-refractivity contribution < 1.29 is 17.2 Å². The van der Waals surface area contributed by atoms with E-state index in [1.807, 2.05) is 11.8 Å². The Morgan fingerprint density at radius 2 is 1.92 bits per heavy atom. The molecule has 136 valence electrons. The summed E-state index contributed by atoms with van der Waals surface area (Å²) < 4.78 is 55.5. The SMILES string of the molecule is Cc1nn(CN2CCN(S(=O)(=O)c3ccc(F)cc3F)CC2)c(=S)s1. The van der Waals surface area contributed by atoms with Crippen LogP contribution in [-0.2, 0) is 16.7 Å². The van der Waals surface area contributed by atoms with Gasteiger partial charge in [-0.25, -0.2) is 21.9 Å². The number of hydrogen-bond donors (Lipinski definition) is 0. The van der Waals surface area contributed by atoms with Gasteiger partial charge < -0.3 is 0 Å². The minimum Gasteiger partial charge on any atom is -0.282 e. The van der Waals surface area contributed by atoms with Crippen LogP contribution < -0.4 is 0 Å². The quantitative estimate of drug-likeness (QED) is 0.729. The predicted molar refractivity (Wildman–Crippen MR) is 92.4 cm³/mol. The predicted octanol–water partition coefficient (Wildman–Crippen LogP) is 2.22. The lowest BCUT2D eigenvalue weighted by Crippen LogP contribution is -2.49. The summed E-state index contributed by atoms with van der Waals surface area (Å²) in [6.07, 6.45) is 0. The van der Waals surface area contributed by atoms with E-state index in [4.69, 9.17) is 12.2 Å². The van der Waals surface area contributed by atoms with Crippen LogP contribution >= 0.6 is 23.6 Å². The molecule has 0 spiro atoms. The van der Waals surface area contributed by atoms with Gasteiger partial charge in [0.05, 0.1) is 6.67 Å². The van der Waals surface area contributed by atoms with Crippen molar-refractivity contribution in [2.24, 2.45) is 0 Å². The molecule has 1 aliphatic rings. The molecule has 0 bridgehead atoms. The molecule has 0 saturated carbocycles. The second-order valence-electron chi connectivity index (χ2n) is 5.62. The van der Waals surface area contributed by atoms with E-state index in [1.54, 1.807) is 4.68 Å². The van der Waals surface area contributed by atoms with Crippen LogP contribution in [0.2, 0.25) is 0 Å². The summed E-state index contributed by atoms with van der Waals surface area (Å²) in [6.45, 7) is 3.74. The third-order valence-corrected chi connectivity index (χ3v) is 7.04. The van der Waals surface area contributed by atoms with Gasteiger partial charge in [0.15, 0.2) is 3.95 Å². The van der Waals surface area contributed by atoms with Crippen molar-refractivity contribution >= 4 is 33.6 Å². The number of halogens is 2. The van der Waals surface area contributed by atoms with Crippen LogP contribution in [0.15, 0.2) is 23.1 Å². The molecule has 0 radical (unpaired) electrons. The molecular weight excluding hydrogens is 390 g/mol. The van der Waals surface area contributed by atoms with Crippen LogP contribution in [0.5, 0.6) is 0 Å². The van der Waals surface area contributed by atoms with Gasteiger partial charge in [0, 0.05) is 32.2 Å². The minimum atomic E-state index is -3.99. The maximum Gasteiger partial charge on any atom is 0.246 e. The van der Waals surface area contributed by atoms with E-state index >= 15 is 0 Å². The first-order valence-corrected chi connectivity index (χ1v) is 10.2. The van der Waals surface area contributed by atoms with Gasteiger partial charge in [0.1, 0.15) is 21.5 Å². The Bertz CT molecular complexity index is 934. The molecule has 0 amide bonds. The van der Waals surface area contributed by atoms with Gasteiger partial charge in [0.25, 0.3) is 0 Å². The summed E-state index contributed by atoms with van der Waals surface area (Å²) in [5.74, 6) is -1.89. The van der Waals surface area contributed by atoms with Gasteiger partial charge in [0.2, 0.25) is 10.0 Å². The van der Waals surface area contributed by atoms with E-state index < -0.39 is 26.6 Å². The molecular formula is C14H16F2N4O2S3. The molecule has 1 aromatic heterocycles. The number of rotatable bonds is 4. The van der Waals surface area contributed by atoms with Crippen molar-refractivity contribution in [2.75, 3.05) is 26.2 Å². The fourth-order valence-corrected chi connectivity index (χ4v) is 5.15. The molecule has 1 aliphatic heterocycles. The highest BCUT2D eigenvalue weighted by Crippen LogP contribution is 2.21. The Labute approximate surface area is 153 Å². The van der Waals surface area contributed by atoms with Crippen molar-refractivity contribution in [1.29, 1.82) is 0 Å². The van der Waals surface area contributed by atoms with Crippen molar-refractivity contribution in [3.63, 3.8) is 0 Å². The number of nitrogens with zero attached hydrogens (tertiary/aromatic N) is 4. The Kier molecular flexibility index (Phi) is 5.30. The van der Waals surface area contributed by atoms with Crippen LogP contribution in [0.25, 0.3) is 0 Å². The van der Waals surface area contributed by atoms with Crippen molar-refractivity contribution in [3.05, 3.63) is 38.8 Å². The highest BCUT2D eigenvalue weighted by atomic mass is 32.2. The zero-order valence-electron chi connectivity index (χ0n) is 13.4. The van der Waals surface area contributed by atoms with Gasteiger partial charge in [-0.3, -0.25) is 4.90 Å². The molecule has 3 rings (SSSR count). The molecule has 11 heteroatoms. The Hall–Kier alpha value is -1.27. The van der Waals surface area contributed by atoms with E-state index in [1.165, 1.54) is 15.6 Å². The first-order valence-electron chi connectivity index (χ1n) is 7.49. The molecule has 0 atom stereocenters. The third-order valence-electron chi connectivity index (χ3n) is 3.88. The molecule has 2 aromatic rings. The number of aryl methyl sites for hydroxylation is 1. The Balaban J connectivity index is 1.69. The zero-order chi connectivity index (χ0) is 18.2. The smallest absolute Gasteiger partial charge is 0.246 e. The largest absolute Gasteiger partial charge is 0.282 e. The van der Waals surface area contributed by atoms with Gasteiger partial charge in [-0.15, -0.1) is 0 Å². The lowest BCUT2D eigenvalue weighted by Gasteiger charge is -2.33. The monoisotopic (exact) mass is 406 g/mol. The highest BCUT2D eigenvalue weighted by molar-refractivity contribution is 7.89. The maximum atomic E-state index is 13.8. The summed E-state index contributed by atoms with van der Waals surface area (Å²) >= 11 is 6.65. The number of hydrogen-bond acceptors (Lipinski definition) is 6. The molecule has 1 saturated heterocycles. The molecule has 2 heterocycles. The fraction of sp³-hybridized carbons (Fsp3) is 0.429. The summed E-state index contributed by atoms with van der Waals surface area (Å²) in [4.78, 5) is 1.53. The molecule has 0 unspecified atom stereocenters. The zero-order valence-corrected chi connectivity index (χ0v) is 15.8. The third kappa shape index (κ3) is 3.95. The van der Waals surface area contributed by atoms with Crippen LogP contribution in [0, 0.1) is 22.5 Å². The standard InChI is InChI=1S/C14H16F2N4O2S3/c1-10-17-20(14(23)24-10)9-18-4-6-19(7-5-18)25(21,22)13-3-2-11(15)8-12(13)16/h2-3,8H,4-7,9H2,1H3. The maximum absolute atomic E-state index is 13.8. The molecule has 25 heavy (non-hydrogen) atoms. The minimum absolute atomic E-state index is 0.218. The molecule has 6 nitrogen and oxygen atoms in total. The number of piperazine rings is 1. The van der Waals surface area contributed by atoms with Crippen LogP contribution in [-0.4, -0.2) is 53.6 Å². The number of aromatic nitrogens is 2. The van der Waals surface area contributed by atoms with Crippen molar-refractivity contribution in [3.8, 4) is 0 Å². The Morgan fingerprint density at radius 3 is 2.48 bits per heavy atom. The van der Waals surface area contributed by atoms with Gasteiger partial charge >= 0.3 is 0 Å². The molecule has 1 fully saturated rings. The Morgan fingerprint density at radius 1 is 1.24 bits per heavy atom. The normalized spacial score (nSPS) is 17.1. The van der Waals surface area contributed by atoms with Crippen LogP contribution in [0.1, 0.15) is 5.01 Å². The molecule has 1 aromatic carbocycles. The fourth-order valence-electron chi connectivity index (χ4n) is 2.62. The van der Waals surface area contributed by atoms with Gasteiger partial charge in [-0.1, -0.05) is 11.3 Å². The lowest BCUT2D eigenvalue weighted by molar-refractivity contribution is 0.145. The first kappa shape index (κ1) is 18.5.